The first-order valence-corrected chi connectivity index (χ1v) is 9.74. The quantitative estimate of drug-likeness (QED) is 0.734. The highest BCUT2D eigenvalue weighted by atomic mass is 16.2. The van der Waals surface area contributed by atoms with E-state index in [1.165, 1.54) is 5.56 Å². The van der Waals surface area contributed by atoms with Crippen molar-refractivity contribution in [1.82, 2.24) is 15.1 Å². The zero-order chi connectivity index (χ0) is 18.7. The first-order chi connectivity index (χ1) is 13.1. The van der Waals surface area contributed by atoms with Crippen LogP contribution in [0.4, 0.5) is 0 Å². The third-order valence-corrected chi connectivity index (χ3v) is 6.79. The third kappa shape index (κ3) is 2.68. The summed E-state index contributed by atoms with van der Waals surface area (Å²) in [6.07, 6.45) is 0.679. The molecule has 1 saturated carbocycles. The Bertz CT molecular complexity index is 827. The number of nitrogens with one attached hydrogen (secondary N) is 1. The van der Waals surface area contributed by atoms with E-state index in [4.69, 9.17) is 5.73 Å². The lowest BCUT2D eigenvalue weighted by Gasteiger charge is -2.29. The lowest BCUT2D eigenvalue weighted by atomic mass is 10.0. The first-order valence-electron chi connectivity index (χ1n) is 9.74. The van der Waals surface area contributed by atoms with Gasteiger partial charge in [-0.2, -0.15) is 0 Å². The summed E-state index contributed by atoms with van der Waals surface area (Å²) in [5, 5.41) is 2.36. The molecule has 1 aromatic rings. The molecule has 2 saturated heterocycles. The molecule has 27 heavy (non-hydrogen) atoms. The molecule has 3 N–H and O–H groups in total. The summed E-state index contributed by atoms with van der Waals surface area (Å²) in [6, 6.07) is 5.31. The SMILES string of the molecule is NCC1[C@H]2CN(Cc3cccc4c3CN(C3CCC(=O)NC3=O)C4=O)C[C@@H]12. The number of hydrogen-bond acceptors (Lipinski definition) is 5. The Morgan fingerprint density at radius 1 is 1.15 bits per heavy atom. The molecule has 3 heterocycles. The minimum atomic E-state index is -0.555. The van der Waals surface area contributed by atoms with Gasteiger partial charge in [0.2, 0.25) is 11.8 Å². The largest absolute Gasteiger partial charge is 0.330 e. The Morgan fingerprint density at radius 3 is 2.63 bits per heavy atom. The number of hydrogen-bond donors (Lipinski definition) is 2. The van der Waals surface area contributed by atoms with E-state index in [0.717, 1.165) is 43.6 Å². The van der Waals surface area contributed by atoms with Crippen molar-refractivity contribution in [3.8, 4) is 0 Å². The smallest absolute Gasteiger partial charge is 0.255 e. The molecule has 1 aliphatic carbocycles. The highest BCUT2D eigenvalue weighted by Gasteiger charge is 2.54. The number of piperidine rings is 2. The van der Waals surface area contributed by atoms with E-state index in [-0.39, 0.29) is 24.1 Å². The zero-order valence-electron chi connectivity index (χ0n) is 15.2. The van der Waals surface area contributed by atoms with Crippen LogP contribution in [-0.4, -0.2) is 53.2 Å². The Balaban J connectivity index is 1.32. The van der Waals surface area contributed by atoms with Gasteiger partial charge in [0.05, 0.1) is 0 Å². The summed E-state index contributed by atoms with van der Waals surface area (Å²) >= 11 is 0. The van der Waals surface area contributed by atoms with Crippen molar-refractivity contribution >= 4 is 17.7 Å². The fraction of sp³-hybridized carbons (Fsp3) is 0.550. The maximum absolute atomic E-state index is 12.9. The Hall–Kier alpha value is -2.25. The van der Waals surface area contributed by atoms with Gasteiger partial charge in [-0.3, -0.25) is 24.6 Å². The fourth-order valence-electron chi connectivity index (χ4n) is 5.25. The van der Waals surface area contributed by atoms with Gasteiger partial charge in [-0.05, 0) is 47.9 Å². The second-order valence-electron chi connectivity index (χ2n) is 8.26. The van der Waals surface area contributed by atoms with Gasteiger partial charge in [0.15, 0.2) is 0 Å². The van der Waals surface area contributed by atoms with Gasteiger partial charge in [0.1, 0.15) is 6.04 Å². The number of nitrogens with zero attached hydrogens (tertiary/aromatic N) is 2. The van der Waals surface area contributed by atoms with Crippen molar-refractivity contribution in [2.75, 3.05) is 19.6 Å². The predicted molar refractivity (Wildman–Crippen MR) is 97.3 cm³/mol. The van der Waals surface area contributed by atoms with Gasteiger partial charge >= 0.3 is 0 Å². The minimum absolute atomic E-state index is 0.103. The number of fused-ring (bicyclic) bond motifs is 2. The summed E-state index contributed by atoms with van der Waals surface area (Å²) in [5.74, 6) is 1.47. The molecule has 4 atom stereocenters. The van der Waals surface area contributed by atoms with Crippen LogP contribution in [0.5, 0.6) is 0 Å². The molecule has 3 amide bonds. The molecule has 7 heteroatoms. The molecule has 0 bridgehead atoms. The lowest BCUT2D eigenvalue weighted by Crippen LogP contribution is -2.52. The summed E-state index contributed by atoms with van der Waals surface area (Å²) in [5.41, 5.74) is 8.70. The summed E-state index contributed by atoms with van der Waals surface area (Å²) in [6.45, 7) is 4.24. The van der Waals surface area contributed by atoms with Gasteiger partial charge in [0.25, 0.3) is 5.91 Å². The van der Waals surface area contributed by atoms with E-state index in [1.54, 1.807) is 4.90 Å². The van der Waals surface area contributed by atoms with Crippen LogP contribution in [0.3, 0.4) is 0 Å². The number of benzene rings is 1. The molecular weight excluding hydrogens is 344 g/mol. The molecule has 0 spiro atoms. The normalized spacial score (nSPS) is 32.5. The van der Waals surface area contributed by atoms with Crippen LogP contribution in [0, 0.1) is 17.8 Å². The molecule has 2 unspecified atom stereocenters. The third-order valence-electron chi connectivity index (χ3n) is 6.79. The average Bonchev–Trinajstić information content (AvgIpc) is 2.96. The number of imide groups is 1. The Kier molecular flexibility index (Phi) is 3.84. The molecule has 7 nitrogen and oxygen atoms in total. The number of likely N-dealkylation sites (tertiary alicyclic amines) is 1. The molecule has 5 rings (SSSR count). The zero-order valence-corrected chi connectivity index (χ0v) is 15.2. The van der Waals surface area contributed by atoms with Gasteiger partial charge in [0, 0.05) is 38.2 Å². The van der Waals surface area contributed by atoms with E-state index >= 15 is 0 Å². The monoisotopic (exact) mass is 368 g/mol. The van der Waals surface area contributed by atoms with Crippen LogP contribution in [0.25, 0.3) is 0 Å². The van der Waals surface area contributed by atoms with Crippen LogP contribution in [0.1, 0.15) is 34.3 Å². The Morgan fingerprint density at radius 2 is 1.93 bits per heavy atom. The predicted octanol–water partition coefficient (Wildman–Crippen LogP) is 0.0841. The van der Waals surface area contributed by atoms with Gasteiger partial charge in [-0.25, -0.2) is 0 Å². The fourth-order valence-corrected chi connectivity index (χ4v) is 5.25. The summed E-state index contributed by atoms with van der Waals surface area (Å²) in [4.78, 5) is 40.6. The highest BCUT2D eigenvalue weighted by Crippen LogP contribution is 2.51. The Labute approximate surface area is 157 Å². The second kappa shape index (κ2) is 6.14. The molecule has 1 aromatic carbocycles. The second-order valence-corrected chi connectivity index (χ2v) is 8.26. The molecule has 3 fully saturated rings. The van der Waals surface area contributed by atoms with Crippen molar-refractivity contribution in [3.05, 3.63) is 34.9 Å². The van der Waals surface area contributed by atoms with Crippen molar-refractivity contribution in [2.45, 2.75) is 32.0 Å². The molecular formula is C20H24N4O3. The molecule has 0 radical (unpaired) electrons. The van der Waals surface area contributed by atoms with E-state index < -0.39 is 6.04 Å². The molecule has 142 valence electrons. The average molecular weight is 368 g/mol. The van der Waals surface area contributed by atoms with E-state index in [2.05, 4.69) is 16.3 Å². The van der Waals surface area contributed by atoms with Gasteiger partial charge < -0.3 is 10.6 Å². The first kappa shape index (κ1) is 16.9. The van der Waals surface area contributed by atoms with Crippen LogP contribution in [0.2, 0.25) is 0 Å². The molecule has 3 aliphatic heterocycles. The van der Waals surface area contributed by atoms with Crippen molar-refractivity contribution in [2.24, 2.45) is 23.5 Å². The van der Waals surface area contributed by atoms with Crippen LogP contribution >= 0.6 is 0 Å². The number of carbonyl (C=O) groups excluding carboxylic acids is 3. The standard InChI is InChI=1S/C20H24N4O3/c21-6-13-15-8-23(9-16(13)15)7-11-2-1-3-12-14(11)10-24(20(12)27)17-4-5-18(25)22-19(17)26/h1-3,13,15-17H,4-10,21H2,(H,22,25,26)/t13?,15-,16+,17?. The van der Waals surface area contributed by atoms with Gasteiger partial charge in [-0.15, -0.1) is 0 Å². The minimum Gasteiger partial charge on any atom is -0.330 e. The maximum atomic E-state index is 12.9. The van der Waals surface area contributed by atoms with E-state index in [1.807, 2.05) is 12.1 Å². The molecule has 4 aliphatic rings. The number of nitrogens with two attached hydrogens (primary N) is 1. The van der Waals surface area contributed by atoms with Crippen LogP contribution in [-0.2, 0) is 22.7 Å². The van der Waals surface area contributed by atoms with E-state index in [9.17, 15) is 14.4 Å². The van der Waals surface area contributed by atoms with Gasteiger partial charge in [-0.1, -0.05) is 12.1 Å². The number of carbonyl (C=O) groups is 3. The number of rotatable bonds is 4. The van der Waals surface area contributed by atoms with Crippen molar-refractivity contribution in [1.29, 1.82) is 0 Å². The van der Waals surface area contributed by atoms with Crippen molar-refractivity contribution in [3.63, 3.8) is 0 Å². The maximum Gasteiger partial charge on any atom is 0.255 e. The summed E-state index contributed by atoms with van der Waals surface area (Å²) < 4.78 is 0. The van der Waals surface area contributed by atoms with Crippen LogP contribution < -0.4 is 11.1 Å². The lowest BCUT2D eigenvalue weighted by molar-refractivity contribution is -0.136. The summed E-state index contributed by atoms with van der Waals surface area (Å²) in [7, 11) is 0. The molecule has 0 aromatic heterocycles. The van der Waals surface area contributed by atoms with Crippen LogP contribution in [0.15, 0.2) is 18.2 Å². The van der Waals surface area contributed by atoms with Crippen molar-refractivity contribution < 1.29 is 14.4 Å². The topological polar surface area (TPSA) is 95.7 Å². The van der Waals surface area contributed by atoms with E-state index in [0.29, 0.717) is 24.4 Å². The highest BCUT2D eigenvalue weighted by molar-refractivity contribution is 6.05. The number of amides is 3.